The second-order valence-corrected chi connectivity index (χ2v) is 7.85. The summed E-state index contributed by atoms with van der Waals surface area (Å²) in [5.41, 5.74) is 1.00. The molecule has 0 spiro atoms. The van der Waals surface area contributed by atoms with Crippen LogP contribution in [-0.4, -0.2) is 30.1 Å². The highest BCUT2D eigenvalue weighted by molar-refractivity contribution is 9.10. The highest BCUT2D eigenvalue weighted by Crippen LogP contribution is 2.32. The first-order valence-electron chi connectivity index (χ1n) is 9.07. The molecule has 0 saturated heterocycles. The van der Waals surface area contributed by atoms with Crippen molar-refractivity contribution in [1.82, 2.24) is 9.66 Å². The molecule has 1 atom stereocenters. The van der Waals surface area contributed by atoms with Crippen LogP contribution in [0.5, 0.6) is 11.5 Å². The van der Waals surface area contributed by atoms with E-state index in [1.807, 2.05) is 26.0 Å². The third-order valence-electron chi connectivity index (χ3n) is 4.70. The number of hydrogen-bond donors (Lipinski definition) is 0. The van der Waals surface area contributed by atoms with Crippen LogP contribution in [0.2, 0.25) is 5.02 Å². The number of rotatable bonds is 6. The standard InChI is InChI=1S/C21H21BrClN3O3/c1-5-12(2)20-25-17-7-6-14(22)9-15(17)21(27)26(20)24-11-13-8-18(28-3)19(29-4)10-16(13)23/h6-12H,5H2,1-4H3/t12-/m1/s1. The molecule has 0 amide bonds. The molecule has 1 heterocycles. The first kappa shape index (κ1) is 21.3. The van der Waals surface area contributed by atoms with Crippen LogP contribution in [0.25, 0.3) is 10.9 Å². The van der Waals surface area contributed by atoms with Gasteiger partial charge in [-0.15, -0.1) is 0 Å². The minimum atomic E-state index is -0.237. The van der Waals surface area contributed by atoms with Gasteiger partial charge < -0.3 is 9.47 Å². The molecule has 1 aromatic heterocycles. The van der Waals surface area contributed by atoms with Crippen molar-refractivity contribution >= 4 is 44.6 Å². The van der Waals surface area contributed by atoms with Gasteiger partial charge in [0.05, 0.1) is 36.4 Å². The number of aromatic nitrogens is 2. The third-order valence-corrected chi connectivity index (χ3v) is 5.52. The fourth-order valence-electron chi connectivity index (χ4n) is 2.87. The van der Waals surface area contributed by atoms with Gasteiger partial charge in [0.2, 0.25) is 0 Å². The van der Waals surface area contributed by atoms with E-state index < -0.39 is 0 Å². The number of ether oxygens (including phenoxy) is 2. The van der Waals surface area contributed by atoms with E-state index in [-0.39, 0.29) is 11.5 Å². The first-order chi connectivity index (χ1) is 13.9. The van der Waals surface area contributed by atoms with Crippen LogP contribution in [0, 0.1) is 0 Å². The SMILES string of the molecule is CC[C@@H](C)c1nc2ccc(Br)cc2c(=O)n1N=Cc1cc(OC)c(OC)cc1Cl. The maximum atomic E-state index is 13.2. The summed E-state index contributed by atoms with van der Waals surface area (Å²) in [6.07, 6.45) is 2.35. The van der Waals surface area contributed by atoms with Gasteiger partial charge in [-0.2, -0.15) is 9.78 Å². The Balaban J connectivity index is 2.19. The molecule has 0 aliphatic carbocycles. The molecule has 2 aromatic carbocycles. The molecule has 0 radical (unpaired) electrons. The minimum absolute atomic E-state index is 0.0498. The maximum Gasteiger partial charge on any atom is 0.282 e. The van der Waals surface area contributed by atoms with Gasteiger partial charge in [-0.3, -0.25) is 4.79 Å². The van der Waals surface area contributed by atoms with Gasteiger partial charge in [0.25, 0.3) is 5.56 Å². The zero-order chi connectivity index (χ0) is 21.1. The number of halogens is 2. The topological polar surface area (TPSA) is 65.7 Å². The van der Waals surface area contributed by atoms with Crippen molar-refractivity contribution in [3.05, 3.63) is 61.6 Å². The van der Waals surface area contributed by atoms with E-state index >= 15 is 0 Å². The molecule has 0 unspecified atom stereocenters. The lowest BCUT2D eigenvalue weighted by atomic mass is 10.1. The molecule has 3 rings (SSSR count). The molecule has 0 saturated carbocycles. The molecule has 0 aliphatic heterocycles. The van der Waals surface area contributed by atoms with Crippen LogP contribution >= 0.6 is 27.5 Å². The highest BCUT2D eigenvalue weighted by Gasteiger charge is 2.16. The summed E-state index contributed by atoms with van der Waals surface area (Å²) in [7, 11) is 3.09. The van der Waals surface area contributed by atoms with Crippen molar-refractivity contribution in [2.75, 3.05) is 14.2 Å². The van der Waals surface area contributed by atoms with Crippen molar-refractivity contribution in [1.29, 1.82) is 0 Å². The molecule has 152 valence electrons. The van der Waals surface area contributed by atoms with Crippen LogP contribution in [-0.2, 0) is 0 Å². The van der Waals surface area contributed by atoms with Crippen molar-refractivity contribution in [2.24, 2.45) is 5.10 Å². The Bertz CT molecular complexity index is 1140. The fourth-order valence-corrected chi connectivity index (χ4v) is 3.43. The summed E-state index contributed by atoms with van der Waals surface area (Å²) in [5, 5.41) is 5.36. The smallest absolute Gasteiger partial charge is 0.282 e. The minimum Gasteiger partial charge on any atom is -0.493 e. The molecule has 0 fully saturated rings. The summed E-state index contributed by atoms with van der Waals surface area (Å²) in [6.45, 7) is 4.06. The number of nitrogens with zero attached hydrogens (tertiary/aromatic N) is 3. The van der Waals surface area contributed by atoms with Crippen LogP contribution in [0.15, 0.2) is 44.7 Å². The van der Waals surface area contributed by atoms with E-state index in [1.165, 1.54) is 10.9 Å². The van der Waals surface area contributed by atoms with Gasteiger partial charge in [-0.05, 0) is 30.7 Å². The van der Waals surface area contributed by atoms with Gasteiger partial charge >= 0.3 is 0 Å². The average molecular weight is 479 g/mol. The van der Waals surface area contributed by atoms with Crippen molar-refractivity contribution in [3.63, 3.8) is 0 Å². The highest BCUT2D eigenvalue weighted by atomic mass is 79.9. The molecule has 29 heavy (non-hydrogen) atoms. The predicted molar refractivity (Wildman–Crippen MR) is 120 cm³/mol. The maximum absolute atomic E-state index is 13.2. The predicted octanol–water partition coefficient (Wildman–Crippen LogP) is 5.23. The Morgan fingerprint density at radius 1 is 1.24 bits per heavy atom. The summed E-state index contributed by atoms with van der Waals surface area (Å²) in [4.78, 5) is 17.9. The van der Waals surface area contributed by atoms with Crippen LogP contribution in [0.3, 0.4) is 0 Å². The van der Waals surface area contributed by atoms with Crippen molar-refractivity contribution < 1.29 is 9.47 Å². The lowest BCUT2D eigenvalue weighted by Crippen LogP contribution is -2.23. The third kappa shape index (κ3) is 4.31. The fraction of sp³-hybridized carbons (Fsp3) is 0.286. The normalized spacial score (nSPS) is 12.5. The molecule has 0 bridgehead atoms. The van der Waals surface area contributed by atoms with Crippen LogP contribution < -0.4 is 15.0 Å². The van der Waals surface area contributed by atoms with Crippen molar-refractivity contribution in [2.45, 2.75) is 26.2 Å². The summed E-state index contributed by atoms with van der Waals surface area (Å²) in [6, 6.07) is 8.80. The number of methoxy groups -OCH3 is 2. The van der Waals surface area contributed by atoms with Gasteiger partial charge in [-0.1, -0.05) is 41.4 Å². The van der Waals surface area contributed by atoms with Gasteiger partial charge in [0.15, 0.2) is 11.5 Å². The van der Waals surface area contributed by atoms with Gasteiger partial charge in [0.1, 0.15) is 5.82 Å². The Hall–Kier alpha value is -2.38. The average Bonchev–Trinajstić information content (AvgIpc) is 2.73. The zero-order valence-electron chi connectivity index (χ0n) is 16.6. The van der Waals surface area contributed by atoms with E-state index in [0.29, 0.717) is 38.8 Å². The monoisotopic (exact) mass is 477 g/mol. The number of hydrogen-bond acceptors (Lipinski definition) is 5. The molecule has 3 aromatic rings. The van der Waals surface area contributed by atoms with Crippen LogP contribution in [0.4, 0.5) is 0 Å². The Labute approximate surface area is 182 Å². The lowest BCUT2D eigenvalue weighted by molar-refractivity contribution is 0.355. The van der Waals surface area contributed by atoms with E-state index in [2.05, 4.69) is 21.0 Å². The second kappa shape index (κ2) is 8.97. The number of fused-ring (bicyclic) bond motifs is 1. The Morgan fingerprint density at radius 2 is 1.93 bits per heavy atom. The molecular formula is C21H21BrClN3O3. The second-order valence-electron chi connectivity index (χ2n) is 6.53. The Morgan fingerprint density at radius 3 is 2.59 bits per heavy atom. The summed E-state index contributed by atoms with van der Waals surface area (Å²) < 4.78 is 12.7. The molecule has 8 heteroatoms. The largest absolute Gasteiger partial charge is 0.493 e. The van der Waals surface area contributed by atoms with E-state index in [9.17, 15) is 4.79 Å². The molecule has 0 N–H and O–H groups in total. The zero-order valence-corrected chi connectivity index (χ0v) is 18.9. The first-order valence-corrected chi connectivity index (χ1v) is 10.2. The van der Waals surface area contributed by atoms with Gasteiger partial charge in [0, 0.05) is 22.0 Å². The van der Waals surface area contributed by atoms with Crippen molar-refractivity contribution in [3.8, 4) is 11.5 Å². The Kier molecular flexibility index (Phi) is 6.59. The molecule has 6 nitrogen and oxygen atoms in total. The quantitative estimate of drug-likeness (QED) is 0.455. The van der Waals surface area contributed by atoms with E-state index in [4.69, 9.17) is 26.1 Å². The van der Waals surface area contributed by atoms with Gasteiger partial charge in [-0.25, -0.2) is 4.98 Å². The summed E-state index contributed by atoms with van der Waals surface area (Å²) in [5.74, 6) is 1.69. The van der Waals surface area contributed by atoms with E-state index in [1.54, 1.807) is 32.4 Å². The lowest BCUT2D eigenvalue weighted by Gasteiger charge is -2.14. The van der Waals surface area contributed by atoms with Crippen LogP contribution in [0.1, 0.15) is 37.6 Å². The summed E-state index contributed by atoms with van der Waals surface area (Å²) >= 11 is 9.76. The number of benzene rings is 2. The molecule has 0 aliphatic rings. The molecular weight excluding hydrogens is 458 g/mol. The van der Waals surface area contributed by atoms with E-state index in [0.717, 1.165) is 10.9 Å².